The lowest BCUT2D eigenvalue weighted by Gasteiger charge is -2.08. The van der Waals surface area contributed by atoms with E-state index in [-0.39, 0.29) is 24.0 Å². The van der Waals surface area contributed by atoms with Crippen molar-refractivity contribution >= 4 is 11.7 Å². The largest absolute Gasteiger partial charge is 0.370 e. The van der Waals surface area contributed by atoms with Crippen LogP contribution in [0, 0.1) is 5.82 Å². The summed E-state index contributed by atoms with van der Waals surface area (Å²) < 4.78 is 13.6. The second-order valence-corrected chi connectivity index (χ2v) is 6.08. The first kappa shape index (κ1) is 18.5. The zero-order chi connectivity index (χ0) is 18.9. The van der Waals surface area contributed by atoms with Gasteiger partial charge in [-0.3, -0.25) is 4.79 Å². The van der Waals surface area contributed by atoms with Gasteiger partial charge >= 0.3 is 0 Å². The molecular weight excluding hydrogens is 343 g/mol. The summed E-state index contributed by atoms with van der Waals surface area (Å²) >= 11 is 0. The second-order valence-electron chi connectivity index (χ2n) is 6.08. The van der Waals surface area contributed by atoms with E-state index < -0.39 is 0 Å². The van der Waals surface area contributed by atoms with Crippen LogP contribution in [0.25, 0.3) is 0 Å². The highest BCUT2D eigenvalue weighted by atomic mass is 19.1. The van der Waals surface area contributed by atoms with Crippen LogP contribution in [0.15, 0.2) is 67.0 Å². The minimum absolute atomic E-state index is 0.106. The van der Waals surface area contributed by atoms with E-state index in [0.29, 0.717) is 11.4 Å². The first-order valence-electron chi connectivity index (χ1n) is 8.84. The molecule has 1 aromatic heterocycles. The smallest absolute Gasteiger partial charge is 0.270 e. The van der Waals surface area contributed by atoms with Gasteiger partial charge in [0.15, 0.2) is 0 Å². The molecule has 0 saturated heterocycles. The summed E-state index contributed by atoms with van der Waals surface area (Å²) in [5.41, 5.74) is 1.96. The average molecular weight is 364 g/mol. The van der Waals surface area contributed by atoms with Crippen LogP contribution < -0.4 is 10.6 Å². The lowest BCUT2D eigenvalue weighted by molar-refractivity contribution is 0.0945. The number of amides is 1. The summed E-state index contributed by atoms with van der Waals surface area (Å²) in [6.07, 6.45) is 3.26. The number of hydrogen-bond donors (Lipinski definition) is 2. The minimum Gasteiger partial charge on any atom is -0.370 e. The Bertz CT molecular complexity index is 886. The van der Waals surface area contributed by atoms with Crippen molar-refractivity contribution in [2.45, 2.75) is 19.4 Å². The Morgan fingerprint density at radius 2 is 1.78 bits per heavy atom. The van der Waals surface area contributed by atoms with Crippen LogP contribution in [0.1, 0.15) is 28.0 Å². The minimum atomic E-state index is -0.368. The van der Waals surface area contributed by atoms with Crippen molar-refractivity contribution in [3.8, 4) is 0 Å². The Morgan fingerprint density at radius 3 is 2.59 bits per heavy atom. The highest BCUT2D eigenvalue weighted by Crippen LogP contribution is 2.08. The van der Waals surface area contributed by atoms with E-state index in [1.807, 2.05) is 18.2 Å². The van der Waals surface area contributed by atoms with Gasteiger partial charge in [-0.25, -0.2) is 14.4 Å². The quantitative estimate of drug-likeness (QED) is 0.600. The molecule has 138 valence electrons. The number of benzene rings is 2. The molecule has 1 amide bonds. The molecule has 0 atom stereocenters. The van der Waals surface area contributed by atoms with Gasteiger partial charge in [0.1, 0.15) is 23.7 Å². The van der Waals surface area contributed by atoms with Crippen LogP contribution in [0.3, 0.4) is 0 Å². The van der Waals surface area contributed by atoms with Gasteiger partial charge < -0.3 is 10.6 Å². The third-order valence-electron chi connectivity index (χ3n) is 4.09. The molecule has 0 saturated carbocycles. The Hall–Kier alpha value is -3.28. The highest BCUT2D eigenvalue weighted by molar-refractivity contribution is 5.92. The molecule has 0 unspecified atom stereocenters. The first-order chi connectivity index (χ1) is 13.2. The molecule has 27 heavy (non-hydrogen) atoms. The molecule has 2 N–H and O–H groups in total. The summed E-state index contributed by atoms with van der Waals surface area (Å²) in [4.78, 5) is 20.4. The van der Waals surface area contributed by atoms with Crippen LogP contribution in [0.5, 0.6) is 0 Å². The van der Waals surface area contributed by atoms with Crippen molar-refractivity contribution in [3.05, 3.63) is 89.6 Å². The molecule has 1 heterocycles. The van der Waals surface area contributed by atoms with Crippen molar-refractivity contribution < 1.29 is 9.18 Å². The molecule has 2 aromatic carbocycles. The van der Waals surface area contributed by atoms with E-state index in [0.717, 1.165) is 19.4 Å². The lowest BCUT2D eigenvalue weighted by atomic mass is 10.1. The third-order valence-corrected chi connectivity index (χ3v) is 4.09. The molecule has 0 bridgehead atoms. The summed E-state index contributed by atoms with van der Waals surface area (Å²) in [7, 11) is 0. The highest BCUT2D eigenvalue weighted by Gasteiger charge is 2.09. The van der Waals surface area contributed by atoms with E-state index in [4.69, 9.17) is 0 Å². The number of anilines is 1. The number of halogens is 1. The van der Waals surface area contributed by atoms with Gasteiger partial charge in [0.2, 0.25) is 0 Å². The molecule has 0 radical (unpaired) electrons. The standard InChI is InChI=1S/C21H21FN4O/c22-18-11-5-4-10-17(18)14-24-21(27)19-13-20(26-15-25-19)23-12-6-9-16-7-2-1-3-8-16/h1-5,7-8,10-11,13,15H,6,9,12,14H2,(H,24,27)(H,23,25,26). The predicted octanol–water partition coefficient (Wildman–Crippen LogP) is 3.59. The van der Waals surface area contributed by atoms with Crippen LogP contribution in [-0.2, 0) is 13.0 Å². The summed E-state index contributed by atoms with van der Waals surface area (Å²) in [6, 6.07) is 18.2. The number of aryl methyl sites for hydroxylation is 1. The maximum Gasteiger partial charge on any atom is 0.270 e. The fourth-order valence-electron chi connectivity index (χ4n) is 2.64. The van der Waals surface area contributed by atoms with E-state index in [9.17, 15) is 9.18 Å². The second kappa shape index (κ2) is 9.43. The van der Waals surface area contributed by atoms with Gasteiger partial charge in [0, 0.05) is 24.7 Å². The molecule has 6 heteroatoms. The number of nitrogens with one attached hydrogen (secondary N) is 2. The van der Waals surface area contributed by atoms with E-state index in [1.165, 1.54) is 18.0 Å². The van der Waals surface area contributed by atoms with Crippen molar-refractivity contribution in [1.82, 2.24) is 15.3 Å². The number of hydrogen-bond acceptors (Lipinski definition) is 4. The molecule has 0 aliphatic rings. The molecule has 5 nitrogen and oxygen atoms in total. The van der Waals surface area contributed by atoms with Crippen molar-refractivity contribution in [3.63, 3.8) is 0 Å². The Morgan fingerprint density at radius 1 is 1.00 bits per heavy atom. The average Bonchev–Trinajstić information content (AvgIpc) is 2.71. The first-order valence-corrected chi connectivity index (χ1v) is 8.84. The summed E-state index contributed by atoms with van der Waals surface area (Å²) in [6.45, 7) is 0.845. The normalized spacial score (nSPS) is 10.4. The lowest BCUT2D eigenvalue weighted by Crippen LogP contribution is -2.24. The van der Waals surface area contributed by atoms with Crippen LogP contribution in [0.4, 0.5) is 10.2 Å². The van der Waals surface area contributed by atoms with Crippen molar-refractivity contribution in [1.29, 1.82) is 0 Å². The predicted molar refractivity (Wildman–Crippen MR) is 103 cm³/mol. The number of carbonyl (C=O) groups excluding carboxylic acids is 1. The van der Waals surface area contributed by atoms with Gasteiger partial charge in [0.25, 0.3) is 5.91 Å². The van der Waals surface area contributed by atoms with Crippen molar-refractivity contribution in [2.75, 3.05) is 11.9 Å². The zero-order valence-corrected chi connectivity index (χ0v) is 14.9. The number of nitrogens with zero attached hydrogens (tertiary/aromatic N) is 2. The maximum absolute atomic E-state index is 13.6. The van der Waals surface area contributed by atoms with Crippen molar-refractivity contribution in [2.24, 2.45) is 0 Å². The zero-order valence-electron chi connectivity index (χ0n) is 14.9. The van der Waals surface area contributed by atoms with E-state index in [2.05, 4.69) is 32.7 Å². The number of rotatable bonds is 8. The maximum atomic E-state index is 13.6. The number of carbonyl (C=O) groups is 1. The van der Waals surface area contributed by atoms with Crippen LogP contribution in [0.2, 0.25) is 0 Å². The summed E-state index contributed by atoms with van der Waals surface area (Å²) in [5, 5.41) is 5.88. The topological polar surface area (TPSA) is 66.9 Å². The molecule has 0 spiro atoms. The van der Waals surface area contributed by atoms with Gasteiger partial charge in [-0.2, -0.15) is 0 Å². The summed E-state index contributed by atoms with van der Waals surface area (Å²) in [5.74, 6) is -0.122. The molecule has 0 aliphatic heterocycles. The molecule has 3 aromatic rings. The monoisotopic (exact) mass is 364 g/mol. The fraction of sp³-hybridized carbons (Fsp3) is 0.190. The Balaban J connectivity index is 1.49. The molecular formula is C21H21FN4O. The Labute approximate surface area is 157 Å². The van der Waals surface area contributed by atoms with Crippen LogP contribution >= 0.6 is 0 Å². The molecule has 0 aliphatic carbocycles. The number of aromatic nitrogens is 2. The van der Waals surface area contributed by atoms with Gasteiger partial charge in [-0.15, -0.1) is 0 Å². The van der Waals surface area contributed by atoms with Gasteiger partial charge in [-0.1, -0.05) is 48.5 Å². The Kier molecular flexibility index (Phi) is 6.46. The van der Waals surface area contributed by atoms with Gasteiger partial charge in [0.05, 0.1) is 0 Å². The SMILES string of the molecule is O=C(NCc1ccccc1F)c1cc(NCCCc2ccccc2)ncn1. The van der Waals surface area contributed by atoms with Crippen LogP contribution in [-0.4, -0.2) is 22.4 Å². The van der Waals surface area contributed by atoms with E-state index in [1.54, 1.807) is 24.3 Å². The fourth-order valence-corrected chi connectivity index (χ4v) is 2.64. The van der Waals surface area contributed by atoms with E-state index >= 15 is 0 Å². The van der Waals surface area contributed by atoms with Gasteiger partial charge in [-0.05, 0) is 24.5 Å². The molecule has 0 fully saturated rings. The molecule has 3 rings (SSSR count). The third kappa shape index (κ3) is 5.60.